The molecule has 0 aliphatic rings. The second-order valence-corrected chi connectivity index (χ2v) is 8.51. The van der Waals surface area contributed by atoms with E-state index < -0.39 is 15.6 Å². The summed E-state index contributed by atoms with van der Waals surface area (Å²) < 4.78 is 28.1. The first-order valence-corrected chi connectivity index (χ1v) is 10.1. The van der Waals surface area contributed by atoms with Crippen LogP contribution in [0.5, 0.6) is 0 Å². The standard InChI is InChI=1S/C15H20Cl2N4O3S/c1-2-3-6-25(23,24)20-8-15(22,9-21-11-18-10-19-21)13-5-4-12(16)7-14(13)17/h4-5,7,10-11,20,22H,2-3,6,8-9H2,1H3. The second kappa shape index (κ2) is 8.46. The number of unbranched alkanes of at least 4 members (excludes halogenated alkanes) is 1. The molecule has 1 atom stereocenters. The first-order chi connectivity index (χ1) is 11.8. The largest absolute Gasteiger partial charge is 0.382 e. The van der Waals surface area contributed by atoms with Gasteiger partial charge in [-0.05, 0) is 18.6 Å². The summed E-state index contributed by atoms with van der Waals surface area (Å²) in [5, 5.41) is 15.8. The maximum Gasteiger partial charge on any atom is 0.211 e. The molecule has 0 aliphatic carbocycles. The molecule has 10 heteroatoms. The average molecular weight is 407 g/mol. The maximum absolute atomic E-state index is 12.1. The SMILES string of the molecule is CCCCS(=O)(=O)NCC(O)(Cn1cncn1)c1ccc(Cl)cc1Cl. The van der Waals surface area contributed by atoms with Crippen molar-refractivity contribution in [3.05, 3.63) is 46.5 Å². The normalized spacial score (nSPS) is 14.4. The Labute approximate surface area is 157 Å². The van der Waals surface area contributed by atoms with Crippen molar-refractivity contribution in [3.63, 3.8) is 0 Å². The molecule has 25 heavy (non-hydrogen) atoms. The summed E-state index contributed by atoms with van der Waals surface area (Å²) in [6, 6.07) is 4.65. The first-order valence-electron chi connectivity index (χ1n) is 7.73. The molecular formula is C15H20Cl2N4O3S. The second-order valence-electron chi connectivity index (χ2n) is 5.74. The number of rotatable bonds is 9. The Kier molecular flexibility index (Phi) is 6.81. The van der Waals surface area contributed by atoms with Gasteiger partial charge in [0.05, 0.1) is 12.3 Å². The van der Waals surface area contributed by atoms with Crippen LogP contribution in [0.4, 0.5) is 0 Å². The molecule has 0 amide bonds. The predicted octanol–water partition coefficient (Wildman–Crippen LogP) is 2.19. The van der Waals surface area contributed by atoms with Gasteiger partial charge in [0.25, 0.3) is 0 Å². The van der Waals surface area contributed by atoms with Gasteiger partial charge in [0, 0.05) is 22.2 Å². The van der Waals surface area contributed by atoms with Gasteiger partial charge in [0.1, 0.15) is 18.3 Å². The summed E-state index contributed by atoms with van der Waals surface area (Å²) in [7, 11) is -3.51. The van der Waals surface area contributed by atoms with E-state index in [0.717, 1.165) is 6.42 Å². The average Bonchev–Trinajstić information content (AvgIpc) is 3.04. The summed E-state index contributed by atoms with van der Waals surface area (Å²) in [5.74, 6) is -0.00272. The van der Waals surface area contributed by atoms with E-state index in [1.54, 1.807) is 12.1 Å². The number of hydrogen-bond acceptors (Lipinski definition) is 5. The molecule has 1 aromatic heterocycles. The van der Waals surface area contributed by atoms with Crippen LogP contribution in [0.2, 0.25) is 10.0 Å². The van der Waals surface area contributed by atoms with Crippen LogP contribution in [-0.2, 0) is 22.2 Å². The van der Waals surface area contributed by atoms with Crippen LogP contribution in [0.15, 0.2) is 30.9 Å². The lowest BCUT2D eigenvalue weighted by atomic mass is 9.94. The van der Waals surface area contributed by atoms with Crippen LogP contribution < -0.4 is 4.72 Å². The number of nitrogens with one attached hydrogen (secondary N) is 1. The van der Waals surface area contributed by atoms with Crippen molar-refractivity contribution in [2.75, 3.05) is 12.3 Å². The van der Waals surface area contributed by atoms with E-state index in [1.165, 1.54) is 23.4 Å². The molecule has 138 valence electrons. The molecule has 0 saturated carbocycles. The predicted molar refractivity (Wildman–Crippen MR) is 97.1 cm³/mol. The van der Waals surface area contributed by atoms with Crippen LogP contribution in [0.1, 0.15) is 25.3 Å². The monoisotopic (exact) mass is 406 g/mol. The lowest BCUT2D eigenvalue weighted by molar-refractivity contribution is 0.0204. The van der Waals surface area contributed by atoms with Gasteiger partial charge >= 0.3 is 0 Å². The number of sulfonamides is 1. The van der Waals surface area contributed by atoms with Crippen LogP contribution >= 0.6 is 23.2 Å². The maximum atomic E-state index is 12.1. The number of halogens is 2. The van der Waals surface area contributed by atoms with Gasteiger partial charge in [-0.2, -0.15) is 5.10 Å². The molecule has 0 bridgehead atoms. The molecule has 1 heterocycles. The minimum Gasteiger partial charge on any atom is -0.382 e. The number of benzene rings is 1. The van der Waals surface area contributed by atoms with Gasteiger partial charge < -0.3 is 5.11 Å². The Morgan fingerprint density at radius 2 is 2.12 bits per heavy atom. The smallest absolute Gasteiger partial charge is 0.211 e. The van der Waals surface area contributed by atoms with Crippen molar-refractivity contribution in [2.45, 2.75) is 31.9 Å². The third-order valence-corrected chi connectivity index (χ3v) is 5.63. The molecule has 7 nitrogen and oxygen atoms in total. The van der Waals surface area contributed by atoms with Crippen LogP contribution in [0, 0.1) is 0 Å². The van der Waals surface area contributed by atoms with Gasteiger partial charge in [-0.3, -0.25) is 0 Å². The van der Waals surface area contributed by atoms with E-state index in [2.05, 4.69) is 14.8 Å². The van der Waals surface area contributed by atoms with E-state index in [9.17, 15) is 13.5 Å². The third-order valence-electron chi connectivity index (χ3n) is 3.67. The van der Waals surface area contributed by atoms with Gasteiger partial charge in [0.15, 0.2) is 0 Å². The first kappa shape index (κ1) is 20.1. The highest BCUT2D eigenvalue weighted by Crippen LogP contribution is 2.31. The zero-order valence-corrected chi connectivity index (χ0v) is 16.0. The molecule has 2 aromatic rings. The van der Waals surface area contributed by atoms with Crippen molar-refractivity contribution >= 4 is 33.2 Å². The number of aliphatic hydroxyl groups is 1. The van der Waals surface area contributed by atoms with E-state index in [1.807, 2.05) is 6.92 Å². The van der Waals surface area contributed by atoms with Crippen molar-refractivity contribution < 1.29 is 13.5 Å². The van der Waals surface area contributed by atoms with Crippen molar-refractivity contribution in [1.29, 1.82) is 0 Å². The molecule has 2 N–H and O–H groups in total. The summed E-state index contributed by atoms with van der Waals surface area (Å²) in [5.41, 5.74) is -1.26. The van der Waals surface area contributed by atoms with Crippen LogP contribution in [0.25, 0.3) is 0 Å². The highest BCUT2D eigenvalue weighted by molar-refractivity contribution is 7.89. The van der Waals surface area contributed by atoms with Crippen molar-refractivity contribution in [3.8, 4) is 0 Å². The van der Waals surface area contributed by atoms with Crippen molar-refractivity contribution in [1.82, 2.24) is 19.5 Å². The van der Waals surface area contributed by atoms with E-state index >= 15 is 0 Å². The Bertz CT molecular complexity index is 799. The van der Waals surface area contributed by atoms with Gasteiger partial charge in [-0.25, -0.2) is 22.8 Å². The summed E-state index contributed by atoms with van der Waals surface area (Å²) in [4.78, 5) is 3.83. The zero-order chi connectivity index (χ0) is 18.5. The molecule has 1 unspecified atom stereocenters. The quantitative estimate of drug-likeness (QED) is 0.664. The number of aromatic nitrogens is 3. The molecule has 0 aliphatic heterocycles. The Hall–Kier alpha value is -1.19. The molecule has 0 radical (unpaired) electrons. The lowest BCUT2D eigenvalue weighted by Crippen LogP contribution is -2.44. The fourth-order valence-corrected chi connectivity index (χ4v) is 4.18. The topological polar surface area (TPSA) is 97.1 Å². The van der Waals surface area contributed by atoms with Gasteiger partial charge in [0.2, 0.25) is 10.0 Å². The van der Waals surface area contributed by atoms with Crippen LogP contribution in [-0.4, -0.2) is 40.6 Å². The van der Waals surface area contributed by atoms with E-state index in [4.69, 9.17) is 23.2 Å². The summed E-state index contributed by atoms with van der Waals surface area (Å²) in [6.07, 6.45) is 4.06. The minimum absolute atomic E-state index is 0.00272. The lowest BCUT2D eigenvalue weighted by Gasteiger charge is -2.29. The summed E-state index contributed by atoms with van der Waals surface area (Å²) in [6.45, 7) is 1.63. The van der Waals surface area contributed by atoms with Gasteiger partial charge in [-0.1, -0.05) is 42.6 Å². The molecular weight excluding hydrogens is 387 g/mol. The molecule has 1 aromatic carbocycles. The Balaban J connectivity index is 2.29. The van der Waals surface area contributed by atoms with E-state index in [0.29, 0.717) is 17.0 Å². The van der Waals surface area contributed by atoms with Gasteiger partial charge in [-0.15, -0.1) is 0 Å². The van der Waals surface area contributed by atoms with E-state index in [-0.39, 0.29) is 23.9 Å². The molecule has 0 spiro atoms. The minimum atomic E-state index is -3.51. The summed E-state index contributed by atoms with van der Waals surface area (Å²) >= 11 is 12.1. The third kappa shape index (κ3) is 5.65. The number of nitrogens with zero attached hydrogens (tertiary/aromatic N) is 3. The highest BCUT2D eigenvalue weighted by Gasteiger charge is 2.34. The molecule has 2 rings (SSSR count). The van der Waals surface area contributed by atoms with Crippen molar-refractivity contribution in [2.24, 2.45) is 0 Å². The van der Waals surface area contributed by atoms with Crippen LogP contribution in [0.3, 0.4) is 0 Å². The molecule has 0 saturated heterocycles. The highest BCUT2D eigenvalue weighted by atomic mass is 35.5. The number of hydrogen-bond donors (Lipinski definition) is 2. The Morgan fingerprint density at radius 1 is 1.36 bits per heavy atom. The molecule has 0 fully saturated rings. The Morgan fingerprint density at radius 3 is 2.72 bits per heavy atom. The fourth-order valence-electron chi connectivity index (χ4n) is 2.32. The zero-order valence-electron chi connectivity index (χ0n) is 13.7. The fraction of sp³-hybridized carbons (Fsp3) is 0.467.